The van der Waals surface area contributed by atoms with Crippen LogP contribution < -0.4 is 9.47 Å². The molecule has 0 unspecified atom stereocenters. The Morgan fingerprint density at radius 3 is 2.74 bits per heavy atom. The molecule has 0 amide bonds. The zero-order chi connectivity index (χ0) is 14.2. The van der Waals surface area contributed by atoms with Crippen molar-refractivity contribution in [3.63, 3.8) is 0 Å². The van der Waals surface area contributed by atoms with Gasteiger partial charge in [-0.2, -0.15) is 0 Å². The van der Waals surface area contributed by atoms with E-state index in [9.17, 15) is 9.18 Å². The Labute approximate surface area is 115 Å². The monoisotopic (exact) mass is 288 g/mol. The molecule has 0 saturated heterocycles. The number of carboxylic acids is 1. The van der Waals surface area contributed by atoms with Crippen LogP contribution >= 0.6 is 11.6 Å². The van der Waals surface area contributed by atoms with Crippen LogP contribution in [0.3, 0.4) is 0 Å². The molecule has 4 nitrogen and oxygen atoms in total. The van der Waals surface area contributed by atoms with Crippen LogP contribution in [-0.4, -0.2) is 24.3 Å². The van der Waals surface area contributed by atoms with E-state index in [2.05, 4.69) is 0 Å². The van der Waals surface area contributed by atoms with Gasteiger partial charge in [-0.15, -0.1) is 0 Å². The van der Waals surface area contributed by atoms with Crippen LogP contribution in [0.5, 0.6) is 11.5 Å². The summed E-state index contributed by atoms with van der Waals surface area (Å²) in [6.07, 6.45) is -0.0274. The zero-order valence-electron chi connectivity index (χ0n) is 10.6. The number of benzene rings is 1. The number of rotatable bonds is 3. The fourth-order valence-corrected chi connectivity index (χ4v) is 2.09. The molecule has 0 aliphatic carbocycles. The quantitative estimate of drug-likeness (QED) is 0.929. The molecule has 6 heteroatoms. The van der Waals surface area contributed by atoms with E-state index in [1.807, 2.05) is 0 Å². The lowest BCUT2D eigenvalue weighted by molar-refractivity contribution is -0.146. The van der Waals surface area contributed by atoms with E-state index >= 15 is 0 Å². The smallest absolute Gasteiger partial charge is 0.309 e. The van der Waals surface area contributed by atoms with Gasteiger partial charge >= 0.3 is 5.97 Å². The van der Waals surface area contributed by atoms with Gasteiger partial charge in [0.15, 0.2) is 11.5 Å². The Morgan fingerprint density at radius 1 is 1.47 bits per heavy atom. The van der Waals surface area contributed by atoms with Crippen LogP contribution in [0.1, 0.15) is 19.4 Å². The largest absolute Gasteiger partial charge is 0.486 e. The summed E-state index contributed by atoms with van der Waals surface area (Å²) in [5.41, 5.74) is -0.977. The average Bonchev–Trinajstić information content (AvgIpc) is 2.34. The van der Waals surface area contributed by atoms with Gasteiger partial charge in [0.2, 0.25) is 0 Å². The number of carboxylic acid groups (broad SMARTS) is 1. The normalized spacial score (nSPS) is 14.3. The highest BCUT2D eigenvalue weighted by molar-refractivity contribution is 6.31. The van der Waals surface area contributed by atoms with E-state index in [0.29, 0.717) is 19.0 Å². The summed E-state index contributed by atoms with van der Waals surface area (Å²) >= 11 is 5.80. The van der Waals surface area contributed by atoms with Gasteiger partial charge in [0, 0.05) is 11.6 Å². The van der Waals surface area contributed by atoms with Gasteiger partial charge in [0.25, 0.3) is 0 Å². The van der Waals surface area contributed by atoms with Gasteiger partial charge < -0.3 is 14.6 Å². The third-order valence-corrected chi connectivity index (χ3v) is 3.29. The lowest BCUT2D eigenvalue weighted by Crippen LogP contribution is -2.28. The maximum absolute atomic E-state index is 14.1. The second-order valence-electron chi connectivity index (χ2n) is 5.04. The van der Waals surface area contributed by atoms with E-state index < -0.39 is 17.2 Å². The number of halogens is 2. The van der Waals surface area contributed by atoms with Crippen molar-refractivity contribution in [1.29, 1.82) is 0 Å². The van der Waals surface area contributed by atoms with Crippen LogP contribution in [0.15, 0.2) is 6.07 Å². The minimum atomic E-state index is -1.12. The standard InChI is InChI=1S/C13H14ClFO4/c1-13(2,12(16)17)6-7-10(15)8(14)5-9-11(7)19-4-3-18-9/h5H,3-4,6H2,1-2H3,(H,16,17). The Balaban J connectivity index is 2.49. The van der Waals surface area contributed by atoms with Crippen molar-refractivity contribution >= 4 is 17.6 Å². The van der Waals surface area contributed by atoms with Crippen molar-refractivity contribution in [3.8, 4) is 11.5 Å². The van der Waals surface area contributed by atoms with Crippen LogP contribution in [-0.2, 0) is 11.2 Å². The Kier molecular flexibility index (Phi) is 3.58. The fourth-order valence-electron chi connectivity index (χ4n) is 1.87. The summed E-state index contributed by atoms with van der Waals surface area (Å²) in [4.78, 5) is 11.2. The molecule has 0 spiro atoms. The summed E-state index contributed by atoms with van der Waals surface area (Å²) in [6, 6.07) is 1.35. The third kappa shape index (κ3) is 2.61. The molecule has 0 bridgehead atoms. The molecule has 0 aromatic heterocycles. The first-order chi connectivity index (χ1) is 8.83. The molecule has 1 aliphatic rings. The summed E-state index contributed by atoms with van der Waals surface area (Å²) in [5, 5.41) is 9.04. The first kappa shape index (κ1) is 13.9. The topological polar surface area (TPSA) is 55.8 Å². The second-order valence-corrected chi connectivity index (χ2v) is 5.45. The van der Waals surface area contributed by atoms with Crippen molar-refractivity contribution in [3.05, 3.63) is 22.5 Å². The fraction of sp³-hybridized carbons (Fsp3) is 0.462. The van der Waals surface area contributed by atoms with E-state index in [-0.39, 0.29) is 22.8 Å². The SMILES string of the molecule is CC(C)(Cc1c(F)c(Cl)cc2c1OCCO2)C(=O)O. The lowest BCUT2D eigenvalue weighted by atomic mass is 9.85. The van der Waals surface area contributed by atoms with Crippen molar-refractivity contribution in [2.75, 3.05) is 13.2 Å². The van der Waals surface area contributed by atoms with Gasteiger partial charge in [-0.25, -0.2) is 4.39 Å². The highest BCUT2D eigenvalue weighted by Crippen LogP contribution is 2.41. The molecule has 1 N–H and O–H groups in total. The number of ether oxygens (including phenoxy) is 2. The van der Waals surface area contributed by atoms with Gasteiger partial charge in [-0.05, 0) is 20.3 Å². The van der Waals surface area contributed by atoms with Crippen LogP contribution in [0.25, 0.3) is 0 Å². The van der Waals surface area contributed by atoms with Crippen molar-refractivity contribution in [2.24, 2.45) is 5.41 Å². The number of fused-ring (bicyclic) bond motifs is 1. The molecule has 1 aliphatic heterocycles. The minimum absolute atomic E-state index is 0.0274. The number of aliphatic carboxylic acids is 1. The second kappa shape index (κ2) is 4.89. The predicted molar refractivity (Wildman–Crippen MR) is 67.5 cm³/mol. The molecule has 0 fully saturated rings. The molecule has 0 saturated carbocycles. The summed E-state index contributed by atoms with van der Waals surface area (Å²) in [7, 11) is 0. The van der Waals surface area contributed by atoms with Gasteiger partial charge in [-0.3, -0.25) is 4.79 Å². The Bertz CT molecular complexity index is 528. The molecule has 1 heterocycles. The molecule has 0 atom stereocenters. The molecule has 19 heavy (non-hydrogen) atoms. The Morgan fingerprint density at radius 2 is 2.11 bits per heavy atom. The average molecular weight is 289 g/mol. The first-order valence-corrected chi connectivity index (χ1v) is 6.20. The summed E-state index contributed by atoms with van der Waals surface area (Å²) in [6.45, 7) is 3.70. The van der Waals surface area contributed by atoms with Gasteiger partial charge in [0.05, 0.1) is 10.4 Å². The molecular formula is C13H14ClFO4. The van der Waals surface area contributed by atoms with Crippen LogP contribution in [0.4, 0.5) is 4.39 Å². The number of hydrogen-bond donors (Lipinski definition) is 1. The van der Waals surface area contributed by atoms with Crippen molar-refractivity contribution in [2.45, 2.75) is 20.3 Å². The lowest BCUT2D eigenvalue weighted by Gasteiger charge is -2.25. The van der Waals surface area contributed by atoms with Crippen molar-refractivity contribution in [1.82, 2.24) is 0 Å². The third-order valence-electron chi connectivity index (χ3n) is 3.02. The number of carbonyl (C=O) groups is 1. The van der Waals surface area contributed by atoms with Crippen LogP contribution in [0, 0.1) is 11.2 Å². The number of hydrogen-bond acceptors (Lipinski definition) is 3. The maximum atomic E-state index is 14.1. The predicted octanol–water partition coefficient (Wildman–Crippen LogP) is 2.90. The minimum Gasteiger partial charge on any atom is -0.486 e. The highest BCUT2D eigenvalue weighted by atomic mass is 35.5. The van der Waals surface area contributed by atoms with E-state index in [0.717, 1.165) is 0 Å². The molecule has 1 aromatic carbocycles. The Hall–Kier alpha value is -1.49. The molecular weight excluding hydrogens is 275 g/mol. The highest BCUT2D eigenvalue weighted by Gasteiger charge is 2.33. The van der Waals surface area contributed by atoms with Gasteiger partial charge in [0.1, 0.15) is 19.0 Å². The molecule has 104 valence electrons. The summed E-state index contributed by atoms with van der Waals surface area (Å²) < 4.78 is 24.9. The molecule has 2 rings (SSSR count). The summed E-state index contributed by atoms with van der Waals surface area (Å²) in [5.74, 6) is -1.06. The van der Waals surface area contributed by atoms with E-state index in [4.69, 9.17) is 26.2 Å². The molecule has 0 radical (unpaired) electrons. The first-order valence-electron chi connectivity index (χ1n) is 5.83. The van der Waals surface area contributed by atoms with E-state index in [1.165, 1.54) is 19.9 Å². The van der Waals surface area contributed by atoms with E-state index in [1.54, 1.807) is 0 Å². The molecule has 1 aromatic rings. The van der Waals surface area contributed by atoms with Crippen LogP contribution in [0.2, 0.25) is 5.02 Å². The van der Waals surface area contributed by atoms with Gasteiger partial charge in [-0.1, -0.05) is 11.6 Å². The maximum Gasteiger partial charge on any atom is 0.309 e. The zero-order valence-corrected chi connectivity index (χ0v) is 11.4. The van der Waals surface area contributed by atoms with Crippen molar-refractivity contribution < 1.29 is 23.8 Å².